The van der Waals surface area contributed by atoms with Crippen molar-refractivity contribution in [3.63, 3.8) is 0 Å². The van der Waals surface area contributed by atoms with Crippen molar-refractivity contribution >= 4 is 48.2 Å². The first-order chi connectivity index (χ1) is 27.9. The van der Waals surface area contributed by atoms with Crippen LogP contribution >= 0.6 is 17.9 Å². The van der Waals surface area contributed by atoms with E-state index in [-0.39, 0.29) is 11.9 Å². The minimum atomic E-state index is -0.971. The van der Waals surface area contributed by atoms with Crippen molar-refractivity contribution in [2.24, 2.45) is 0 Å². The second-order valence-corrected chi connectivity index (χ2v) is 28.7. The molecule has 4 nitrogen and oxygen atoms in total. The molecule has 0 saturated heterocycles. The summed E-state index contributed by atoms with van der Waals surface area (Å²) in [5.74, 6) is 0.219. The summed E-state index contributed by atoms with van der Waals surface area (Å²) < 4.78 is 10.6. The molecule has 2 radical (unpaired) electrons. The summed E-state index contributed by atoms with van der Waals surface area (Å²) in [4.78, 5) is 24.9. The number of carbonyl (C=O) groups is 2. The van der Waals surface area contributed by atoms with Crippen LogP contribution in [-0.4, -0.2) is 54.0 Å². The van der Waals surface area contributed by atoms with E-state index in [1.807, 2.05) is 13.8 Å². The normalized spacial score (nSPS) is 11.7. The molecule has 0 heterocycles. The third-order valence-electron chi connectivity index (χ3n) is 11.5. The Morgan fingerprint density at radius 2 is 0.632 bits per heavy atom. The van der Waals surface area contributed by atoms with Gasteiger partial charge in [0.25, 0.3) is 0 Å². The molecule has 0 aliphatic carbocycles. The van der Waals surface area contributed by atoms with Gasteiger partial charge in [0.1, 0.15) is 0 Å². The molecule has 7 heteroatoms. The smallest absolute Gasteiger partial charge is 0.0654 e. The Bertz CT molecular complexity index is 826. The van der Waals surface area contributed by atoms with E-state index in [1.165, 1.54) is 231 Å². The van der Waals surface area contributed by atoms with Gasteiger partial charge in [-0.15, -0.1) is 0 Å². The quantitative estimate of drug-likeness (QED) is 0.0344. The first-order valence-electron chi connectivity index (χ1n) is 25.3. The molecule has 0 aliphatic heterocycles. The summed E-state index contributed by atoms with van der Waals surface area (Å²) in [5.41, 5.74) is 0. The first-order valence-corrected chi connectivity index (χ1v) is 34.1. The summed E-state index contributed by atoms with van der Waals surface area (Å²) in [7, 11) is 3.42. The van der Waals surface area contributed by atoms with E-state index in [0.717, 1.165) is 25.7 Å². The Morgan fingerprint density at radius 1 is 0.386 bits per heavy atom. The molecular formula is C50H98O4S2Sn. The van der Waals surface area contributed by atoms with Gasteiger partial charge in [-0.3, -0.25) is 0 Å². The average Bonchev–Trinajstić information content (AvgIpc) is 3.20. The van der Waals surface area contributed by atoms with Gasteiger partial charge in [-0.25, -0.2) is 0 Å². The average molecular weight is 946 g/mol. The second-order valence-electron chi connectivity index (χ2n) is 17.8. The third kappa shape index (κ3) is 45.8. The van der Waals surface area contributed by atoms with E-state index in [1.54, 1.807) is 17.9 Å². The molecule has 57 heavy (non-hydrogen) atoms. The van der Waals surface area contributed by atoms with E-state index >= 15 is 0 Å². The van der Waals surface area contributed by atoms with Gasteiger partial charge in [-0.2, -0.15) is 0 Å². The number of carbonyl (C=O) groups excluding carboxylic acids is 2. The Balaban J connectivity index is 3.42. The minimum Gasteiger partial charge on any atom is -0.0654 e. The number of rotatable bonds is 48. The predicted octanol–water partition coefficient (Wildman–Crippen LogP) is 17.5. The predicted molar refractivity (Wildman–Crippen MR) is 258 cm³/mol. The second kappa shape index (κ2) is 47.5. The van der Waals surface area contributed by atoms with Gasteiger partial charge in [-0.1, -0.05) is 181 Å². The van der Waals surface area contributed by atoms with Crippen molar-refractivity contribution in [2.45, 2.75) is 289 Å². The minimum absolute atomic E-state index is 0.0979. The molecule has 0 aromatic rings. The van der Waals surface area contributed by atoms with Gasteiger partial charge in [0, 0.05) is 0 Å². The fourth-order valence-corrected chi connectivity index (χ4v) is 19.3. The maximum absolute atomic E-state index is 12.7. The van der Waals surface area contributed by atoms with Crippen molar-refractivity contribution in [3.05, 3.63) is 0 Å². The zero-order valence-corrected chi connectivity index (χ0v) is 43.3. The Kier molecular flexibility index (Phi) is 47.9. The first kappa shape index (κ1) is 57.4. The fraction of sp³-hybridized carbons (Fsp3) is 0.960. The molecule has 0 aliphatic rings. The maximum atomic E-state index is 12.7. The molecule has 0 bridgehead atoms. The van der Waals surface area contributed by atoms with Crippen LogP contribution in [0.3, 0.4) is 0 Å². The summed E-state index contributed by atoms with van der Waals surface area (Å²) >= 11 is -0.971. The van der Waals surface area contributed by atoms with Crippen LogP contribution < -0.4 is 0 Å². The third-order valence-corrected chi connectivity index (χ3v) is 24.2. The summed E-state index contributed by atoms with van der Waals surface area (Å²) in [5, 5.41) is 0. The van der Waals surface area contributed by atoms with Crippen LogP contribution in [0.4, 0.5) is 0 Å². The van der Waals surface area contributed by atoms with Crippen molar-refractivity contribution in [1.29, 1.82) is 0 Å². The van der Waals surface area contributed by atoms with Crippen LogP contribution in [0.25, 0.3) is 0 Å². The molecule has 338 valence electrons. The number of ether oxygens (including phenoxy) is 2. The van der Waals surface area contributed by atoms with Gasteiger partial charge < -0.3 is 0 Å². The summed E-state index contributed by atoms with van der Waals surface area (Å²) in [6.07, 6.45) is 54.8. The van der Waals surface area contributed by atoms with Crippen LogP contribution in [0.15, 0.2) is 0 Å². The fourth-order valence-electron chi connectivity index (χ4n) is 7.54. The molecular weight excluding hydrogens is 847 g/mol. The molecule has 0 unspecified atom stereocenters. The van der Waals surface area contributed by atoms with E-state index in [4.69, 9.17) is 9.47 Å². The monoisotopic (exact) mass is 947 g/mol. The van der Waals surface area contributed by atoms with E-state index in [2.05, 4.69) is 13.8 Å². The van der Waals surface area contributed by atoms with Gasteiger partial charge >= 0.3 is 195 Å². The Labute approximate surface area is 373 Å². The molecule has 0 fully saturated rings. The van der Waals surface area contributed by atoms with Gasteiger partial charge in [0.05, 0.1) is 0 Å². The molecule has 0 spiro atoms. The van der Waals surface area contributed by atoms with Gasteiger partial charge in [-0.05, 0) is 0 Å². The SMILES string of the molecule is CCCCCCCCCCCCCCCCCCCCCCOC(=O)C[S][Sn][S]C(C)(C)C(=O)OCCCCCCCCCCCCCCCCCCCCCC. The van der Waals surface area contributed by atoms with E-state index < -0.39 is 23.1 Å². The van der Waals surface area contributed by atoms with Crippen LogP contribution in [0.1, 0.15) is 285 Å². The van der Waals surface area contributed by atoms with Crippen LogP contribution in [-0.2, 0) is 19.1 Å². The summed E-state index contributed by atoms with van der Waals surface area (Å²) in [6, 6.07) is 0. The number of hydrogen-bond acceptors (Lipinski definition) is 6. The number of unbranched alkanes of at least 4 members (excludes halogenated alkanes) is 38. The molecule has 0 rings (SSSR count). The van der Waals surface area contributed by atoms with Crippen molar-refractivity contribution < 1.29 is 19.1 Å². The van der Waals surface area contributed by atoms with Crippen molar-refractivity contribution in [1.82, 2.24) is 0 Å². The molecule has 0 saturated carbocycles. The van der Waals surface area contributed by atoms with E-state index in [9.17, 15) is 9.59 Å². The topological polar surface area (TPSA) is 52.6 Å². The zero-order valence-electron chi connectivity index (χ0n) is 38.9. The molecule has 0 amide bonds. The number of hydrogen-bond donors (Lipinski definition) is 0. The molecule has 0 atom stereocenters. The van der Waals surface area contributed by atoms with Crippen LogP contribution in [0.2, 0.25) is 0 Å². The zero-order chi connectivity index (χ0) is 41.6. The van der Waals surface area contributed by atoms with Crippen molar-refractivity contribution in [2.75, 3.05) is 19.0 Å². The molecule has 0 N–H and O–H groups in total. The van der Waals surface area contributed by atoms with Crippen LogP contribution in [0.5, 0.6) is 0 Å². The Hall–Kier alpha value is 0.439. The number of esters is 2. The molecule has 0 aromatic heterocycles. The standard InChI is InChI=1S/C26H52O2S.C24H48O2S.Sn/c1-4-5-6-7-8-9-10-11-12-13-14-15-16-17-18-19-20-21-22-23-24-28-25(27)26(2,3)29;1-2-3-4-5-6-7-8-9-10-11-12-13-14-15-16-17-18-19-20-21-22-26-24(25)23-27;/h29H,4-24H2,1-3H3;27H,2-23H2,1H3;/q;;+2/p-2. The molecule has 0 aromatic carbocycles. The summed E-state index contributed by atoms with van der Waals surface area (Å²) in [6.45, 7) is 9.61. The van der Waals surface area contributed by atoms with Crippen LogP contribution in [0, 0.1) is 0 Å². The van der Waals surface area contributed by atoms with Gasteiger partial charge in [0.2, 0.25) is 0 Å². The van der Waals surface area contributed by atoms with E-state index in [0.29, 0.717) is 19.0 Å². The van der Waals surface area contributed by atoms with Gasteiger partial charge in [0.15, 0.2) is 0 Å². The van der Waals surface area contributed by atoms with Crippen molar-refractivity contribution in [3.8, 4) is 0 Å². The Morgan fingerprint density at radius 3 is 0.912 bits per heavy atom.